The van der Waals surface area contributed by atoms with Crippen molar-refractivity contribution in [2.24, 2.45) is 0 Å². The third-order valence-electron chi connectivity index (χ3n) is 3.53. The Kier molecular flexibility index (Phi) is 5.07. The van der Waals surface area contributed by atoms with Gasteiger partial charge in [0.15, 0.2) is 0 Å². The first-order chi connectivity index (χ1) is 8.70. The van der Waals surface area contributed by atoms with Crippen molar-refractivity contribution in [1.29, 1.82) is 0 Å². The molecule has 2 unspecified atom stereocenters. The van der Waals surface area contributed by atoms with E-state index in [4.69, 9.17) is 4.74 Å². The molecule has 2 rings (SSSR count). The highest BCUT2D eigenvalue weighted by Gasteiger charge is 2.22. The highest BCUT2D eigenvalue weighted by Crippen LogP contribution is 2.28. The average molecular weight is 312 g/mol. The standard InChI is InChI=1S/C15H22BrNO/c1-3-5-13-10-12(8-9-18-13)17-14-7-4-6-11(2)15(14)16/h4,6-7,12-13,17H,3,5,8-10H2,1-2H3. The summed E-state index contributed by atoms with van der Waals surface area (Å²) < 4.78 is 6.97. The minimum atomic E-state index is 0.435. The molecule has 1 saturated heterocycles. The number of halogens is 1. The van der Waals surface area contributed by atoms with Gasteiger partial charge in [0.05, 0.1) is 6.10 Å². The minimum absolute atomic E-state index is 0.435. The van der Waals surface area contributed by atoms with E-state index >= 15 is 0 Å². The molecule has 18 heavy (non-hydrogen) atoms. The summed E-state index contributed by atoms with van der Waals surface area (Å²) in [5.41, 5.74) is 2.48. The molecule has 2 nitrogen and oxygen atoms in total. The molecule has 0 spiro atoms. The molecule has 1 aliphatic rings. The fourth-order valence-electron chi connectivity index (χ4n) is 2.51. The average Bonchev–Trinajstić information content (AvgIpc) is 2.36. The van der Waals surface area contributed by atoms with Gasteiger partial charge in [-0.15, -0.1) is 0 Å². The van der Waals surface area contributed by atoms with Gasteiger partial charge in [-0.2, -0.15) is 0 Å². The zero-order valence-corrected chi connectivity index (χ0v) is 12.8. The van der Waals surface area contributed by atoms with Crippen LogP contribution in [0, 0.1) is 6.92 Å². The number of rotatable bonds is 4. The van der Waals surface area contributed by atoms with E-state index in [0.717, 1.165) is 19.4 Å². The van der Waals surface area contributed by atoms with Crippen LogP contribution in [0.3, 0.4) is 0 Å². The Morgan fingerprint density at radius 1 is 1.44 bits per heavy atom. The van der Waals surface area contributed by atoms with Crippen LogP contribution in [-0.2, 0) is 4.74 Å². The molecule has 0 saturated carbocycles. The number of aryl methyl sites for hydroxylation is 1. The maximum atomic E-state index is 5.79. The molecular weight excluding hydrogens is 290 g/mol. The summed E-state index contributed by atoms with van der Waals surface area (Å²) in [6, 6.07) is 6.90. The van der Waals surface area contributed by atoms with Crippen molar-refractivity contribution in [3.63, 3.8) is 0 Å². The third-order valence-corrected chi connectivity index (χ3v) is 4.58. The van der Waals surface area contributed by atoms with Gasteiger partial charge in [-0.3, -0.25) is 0 Å². The van der Waals surface area contributed by atoms with Crippen molar-refractivity contribution in [3.8, 4) is 0 Å². The van der Waals surface area contributed by atoms with Gasteiger partial charge in [-0.1, -0.05) is 25.5 Å². The van der Waals surface area contributed by atoms with E-state index in [1.54, 1.807) is 0 Å². The zero-order valence-electron chi connectivity index (χ0n) is 11.2. The van der Waals surface area contributed by atoms with Crippen molar-refractivity contribution >= 4 is 21.6 Å². The van der Waals surface area contributed by atoms with Crippen molar-refractivity contribution in [2.75, 3.05) is 11.9 Å². The van der Waals surface area contributed by atoms with E-state index in [2.05, 4.69) is 53.3 Å². The van der Waals surface area contributed by atoms with Crippen molar-refractivity contribution in [1.82, 2.24) is 0 Å². The fourth-order valence-corrected chi connectivity index (χ4v) is 2.89. The Hall–Kier alpha value is -0.540. The summed E-state index contributed by atoms with van der Waals surface area (Å²) in [4.78, 5) is 0. The highest BCUT2D eigenvalue weighted by atomic mass is 79.9. The monoisotopic (exact) mass is 311 g/mol. The Balaban J connectivity index is 1.98. The lowest BCUT2D eigenvalue weighted by atomic mass is 10.00. The summed E-state index contributed by atoms with van der Waals surface area (Å²) in [6.45, 7) is 5.22. The number of benzene rings is 1. The Labute approximate surface area is 118 Å². The second-order valence-corrected chi connectivity index (χ2v) is 5.88. The lowest BCUT2D eigenvalue weighted by molar-refractivity contribution is 0.00597. The van der Waals surface area contributed by atoms with E-state index in [1.165, 1.54) is 28.6 Å². The lowest BCUT2D eigenvalue weighted by Crippen LogP contribution is -2.34. The second kappa shape index (κ2) is 6.58. The number of anilines is 1. The Bertz CT molecular complexity index is 392. The topological polar surface area (TPSA) is 21.3 Å². The van der Waals surface area contributed by atoms with Crippen LogP contribution in [0.15, 0.2) is 22.7 Å². The molecule has 2 atom stereocenters. The van der Waals surface area contributed by atoms with Gasteiger partial charge in [0, 0.05) is 22.8 Å². The van der Waals surface area contributed by atoms with Crippen molar-refractivity contribution in [3.05, 3.63) is 28.2 Å². The summed E-state index contributed by atoms with van der Waals surface area (Å²) in [5.74, 6) is 0. The molecule has 0 bridgehead atoms. The molecule has 1 aromatic rings. The van der Waals surface area contributed by atoms with E-state index in [-0.39, 0.29) is 0 Å². The molecule has 1 fully saturated rings. The Morgan fingerprint density at radius 3 is 3.06 bits per heavy atom. The predicted octanol–water partition coefficient (Wildman–Crippen LogP) is 4.52. The first kappa shape index (κ1) is 13.9. The van der Waals surface area contributed by atoms with Gasteiger partial charge < -0.3 is 10.1 Å². The van der Waals surface area contributed by atoms with E-state index < -0.39 is 0 Å². The quantitative estimate of drug-likeness (QED) is 0.883. The van der Waals surface area contributed by atoms with Crippen LogP contribution in [0.25, 0.3) is 0 Å². The molecule has 1 aromatic carbocycles. The van der Waals surface area contributed by atoms with Crippen LogP contribution in [0.4, 0.5) is 5.69 Å². The van der Waals surface area contributed by atoms with Gasteiger partial charge in [0.25, 0.3) is 0 Å². The maximum absolute atomic E-state index is 5.79. The largest absolute Gasteiger partial charge is 0.381 e. The van der Waals surface area contributed by atoms with Gasteiger partial charge in [-0.25, -0.2) is 0 Å². The van der Waals surface area contributed by atoms with Crippen LogP contribution in [0.1, 0.15) is 38.2 Å². The van der Waals surface area contributed by atoms with Gasteiger partial charge in [0.2, 0.25) is 0 Å². The molecule has 1 aliphatic heterocycles. The maximum Gasteiger partial charge on any atom is 0.0594 e. The molecule has 0 aromatic heterocycles. The summed E-state index contributed by atoms with van der Waals surface area (Å²) >= 11 is 3.66. The summed E-state index contributed by atoms with van der Waals surface area (Å²) in [6.07, 6.45) is 5.03. The molecule has 1 heterocycles. The molecule has 1 N–H and O–H groups in total. The van der Waals surface area contributed by atoms with Crippen molar-refractivity contribution in [2.45, 2.75) is 51.7 Å². The number of nitrogens with one attached hydrogen (secondary N) is 1. The van der Waals surface area contributed by atoms with Crippen LogP contribution in [0.5, 0.6) is 0 Å². The summed E-state index contributed by atoms with van der Waals surface area (Å²) in [5, 5.41) is 3.65. The molecule has 100 valence electrons. The second-order valence-electron chi connectivity index (χ2n) is 5.08. The van der Waals surface area contributed by atoms with Gasteiger partial charge in [0.1, 0.15) is 0 Å². The molecule has 0 aliphatic carbocycles. The number of hydrogen-bond acceptors (Lipinski definition) is 2. The van der Waals surface area contributed by atoms with Crippen LogP contribution in [-0.4, -0.2) is 18.8 Å². The number of hydrogen-bond donors (Lipinski definition) is 1. The van der Waals surface area contributed by atoms with E-state index in [0.29, 0.717) is 12.1 Å². The molecule has 0 amide bonds. The lowest BCUT2D eigenvalue weighted by Gasteiger charge is -2.31. The first-order valence-corrected chi connectivity index (χ1v) is 7.63. The SMILES string of the molecule is CCCC1CC(Nc2cccc(C)c2Br)CCO1. The molecule has 3 heteroatoms. The predicted molar refractivity (Wildman–Crippen MR) is 80.2 cm³/mol. The zero-order chi connectivity index (χ0) is 13.0. The molecule has 0 radical (unpaired) electrons. The Morgan fingerprint density at radius 2 is 2.28 bits per heavy atom. The van der Waals surface area contributed by atoms with Crippen LogP contribution < -0.4 is 5.32 Å². The minimum Gasteiger partial charge on any atom is -0.381 e. The number of ether oxygens (including phenoxy) is 1. The normalized spacial score (nSPS) is 23.9. The van der Waals surface area contributed by atoms with Crippen molar-refractivity contribution < 1.29 is 4.74 Å². The van der Waals surface area contributed by atoms with Gasteiger partial charge in [-0.05, 0) is 53.7 Å². The van der Waals surface area contributed by atoms with E-state index in [9.17, 15) is 0 Å². The molecular formula is C15H22BrNO. The summed E-state index contributed by atoms with van der Waals surface area (Å²) in [7, 11) is 0. The van der Waals surface area contributed by atoms with E-state index in [1.807, 2.05) is 0 Å². The van der Waals surface area contributed by atoms with Gasteiger partial charge >= 0.3 is 0 Å². The first-order valence-electron chi connectivity index (χ1n) is 6.84. The van der Waals surface area contributed by atoms with Crippen LogP contribution in [0.2, 0.25) is 0 Å². The fraction of sp³-hybridized carbons (Fsp3) is 0.600. The smallest absolute Gasteiger partial charge is 0.0594 e. The van der Waals surface area contributed by atoms with Crippen LogP contribution >= 0.6 is 15.9 Å². The third kappa shape index (κ3) is 3.48. The highest BCUT2D eigenvalue weighted by molar-refractivity contribution is 9.10.